The van der Waals surface area contributed by atoms with E-state index in [1.165, 1.54) is 4.90 Å². The van der Waals surface area contributed by atoms with Gasteiger partial charge in [0.15, 0.2) is 11.5 Å². The highest BCUT2D eigenvalue weighted by Gasteiger charge is 2.34. The molecule has 0 N–H and O–H groups in total. The molecule has 35 heavy (non-hydrogen) atoms. The summed E-state index contributed by atoms with van der Waals surface area (Å²) in [6, 6.07) is 21.0. The molecule has 0 unspecified atom stereocenters. The van der Waals surface area contributed by atoms with E-state index in [1.54, 1.807) is 6.08 Å². The van der Waals surface area contributed by atoms with Gasteiger partial charge in [-0.1, -0.05) is 54.1 Å². The van der Waals surface area contributed by atoms with Gasteiger partial charge in [0.25, 0.3) is 11.1 Å². The van der Waals surface area contributed by atoms with Crippen molar-refractivity contribution in [3.05, 3.63) is 96.9 Å². The number of amides is 2. The van der Waals surface area contributed by atoms with Crippen LogP contribution in [-0.4, -0.2) is 29.2 Å². The highest BCUT2D eigenvalue weighted by Crippen LogP contribution is 2.38. The van der Waals surface area contributed by atoms with E-state index in [-0.39, 0.29) is 11.1 Å². The Hall–Kier alpha value is -2.49. The Morgan fingerprint density at radius 1 is 1.00 bits per heavy atom. The van der Waals surface area contributed by atoms with E-state index >= 15 is 0 Å². The second-order valence-corrected chi connectivity index (χ2v) is 10.3. The van der Waals surface area contributed by atoms with Crippen molar-refractivity contribution < 1.29 is 19.1 Å². The van der Waals surface area contributed by atoms with E-state index in [0.717, 1.165) is 32.0 Å². The molecule has 1 aliphatic heterocycles. The van der Waals surface area contributed by atoms with Gasteiger partial charge < -0.3 is 9.47 Å². The van der Waals surface area contributed by atoms with Crippen molar-refractivity contribution in [2.24, 2.45) is 0 Å². The van der Waals surface area contributed by atoms with Crippen molar-refractivity contribution in [3.8, 4) is 11.5 Å². The van der Waals surface area contributed by atoms with Crippen LogP contribution in [0.5, 0.6) is 11.5 Å². The van der Waals surface area contributed by atoms with Crippen LogP contribution in [0, 0.1) is 3.57 Å². The monoisotopic (exact) mass is 619 g/mol. The Balaban J connectivity index is 1.50. The molecule has 0 spiro atoms. The minimum atomic E-state index is -0.271. The Labute approximate surface area is 227 Å². The molecule has 2 amide bonds. The molecule has 1 saturated heterocycles. The second kappa shape index (κ2) is 12.0. The Morgan fingerprint density at radius 3 is 2.46 bits per heavy atom. The van der Waals surface area contributed by atoms with Crippen LogP contribution in [0.3, 0.4) is 0 Å². The minimum absolute atomic E-state index is 0.250. The Kier molecular flexibility index (Phi) is 8.75. The van der Waals surface area contributed by atoms with Gasteiger partial charge >= 0.3 is 0 Å². The lowest BCUT2D eigenvalue weighted by Crippen LogP contribution is -2.30. The highest BCUT2D eigenvalue weighted by atomic mass is 127. The van der Waals surface area contributed by atoms with Gasteiger partial charge in [-0.15, -0.1) is 0 Å². The summed E-state index contributed by atoms with van der Waals surface area (Å²) in [6.07, 6.45) is 2.36. The summed E-state index contributed by atoms with van der Waals surface area (Å²) in [5.74, 6) is 0.949. The van der Waals surface area contributed by atoms with E-state index in [4.69, 9.17) is 21.1 Å². The molecule has 8 heteroatoms. The van der Waals surface area contributed by atoms with Gasteiger partial charge in [0.1, 0.15) is 6.61 Å². The smallest absolute Gasteiger partial charge is 0.293 e. The fraction of sp³-hybridized carbons (Fsp3) is 0.185. The number of carbonyl (C=O) groups excluding carboxylic acids is 2. The number of thioether (sulfide) groups is 1. The van der Waals surface area contributed by atoms with Gasteiger partial charge in [0, 0.05) is 11.6 Å². The first-order chi connectivity index (χ1) is 16.9. The molecule has 0 aromatic heterocycles. The topological polar surface area (TPSA) is 55.8 Å². The Bertz CT molecular complexity index is 1250. The van der Waals surface area contributed by atoms with Gasteiger partial charge in [-0.2, -0.15) is 0 Å². The standard InChI is InChI=1S/C27H23ClINO4S/c1-2-33-23-15-20(14-22(29)25(23)34-17-19-8-10-21(28)11-9-19)16-24-26(31)30(27(32)35-24)13-12-18-6-4-3-5-7-18/h3-11,14-16H,2,12-13,17H2,1H3/b24-16-. The van der Waals surface area contributed by atoms with Gasteiger partial charge in [0.2, 0.25) is 0 Å². The van der Waals surface area contributed by atoms with Crippen LogP contribution in [0.1, 0.15) is 23.6 Å². The molecule has 4 rings (SSSR count). The average Bonchev–Trinajstić information content (AvgIpc) is 3.11. The quantitative estimate of drug-likeness (QED) is 0.187. The maximum Gasteiger partial charge on any atom is 0.293 e. The summed E-state index contributed by atoms with van der Waals surface area (Å²) in [5.41, 5.74) is 2.84. The van der Waals surface area contributed by atoms with Crippen molar-refractivity contribution in [3.63, 3.8) is 0 Å². The van der Waals surface area contributed by atoms with Crippen LogP contribution < -0.4 is 9.47 Å². The maximum atomic E-state index is 12.9. The number of nitrogens with zero attached hydrogens (tertiary/aromatic N) is 1. The lowest BCUT2D eigenvalue weighted by atomic mass is 10.1. The van der Waals surface area contributed by atoms with E-state index in [2.05, 4.69) is 22.6 Å². The molecule has 1 heterocycles. The molecule has 0 saturated carbocycles. The zero-order valence-electron chi connectivity index (χ0n) is 19.0. The third-order valence-electron chi connectivity index (χ3n) is 5.27. The lowest BCUT2D eigenvalue weighted by Gasteiger charge is -2.15. The van der Waals surface area contributed by atoms with E-state index < -0.39 is 0 Å². The molecule has 0 radical (unpaired) electrons. The minimum Gasteiger partial charge on any atom is -0.490 e. The maximum absolute atomic E-state index is 12.9. The fourth-order valence-electron chi connectivity index (χ4n) is 3.54. The highest BCUT2D eigenvalue weighted by molar-refractivity contribution is 14.1. The van der Waals surface area contributed by atoms with Gasteiger partial charge in [-0.25, -0.2) is 0 Å². The first kappa shape index (κ1) is 25.6. The summed E-state index contributed by atoms with van der Waals surface area (Å²) in [6.45, 7) is 3.09. The molecule has 3 aromatic rings. The predicted octanol–water partition coefficient (Wildman–Crippen LogP) is 7.20. The van der Waals surface area contributed by atoms with Crippen LogP contribution >= 0.6 is 46.0 Å². The number of imide groups is 1. The molecule has 5 nitrogen and oxygen atoms in total. The first-order valence-electron chi connectivity index (χ1n) is 11.1. The zero-order valence-corrected chi connectivity index (χ0v) is 22.7. The number of halogens is 2. The fourth-order valence-corrected chi connectivity index (χ4v) is 5.31. The number of rotatable bonds is 9. The molecule has 1 aliphatic rings. The van der Waals surface area contributed by atoms with Crippen LogP contribution in [0.15, 0.2) is 71.6 Å². The predicted molar refractivity (Wildman–Crippen MR) is 149 cm³/mol. The summed E-state index contributed by atoms with van der Waals surface area (Å²) < 4.78 is 12.8. The van der Waals surface area contributed by atoms with Crippen molar-refractivity contribution in [1.82, 2.24) is 4.90 Å². The molecule has 180 valence electrons. The number of hydrogen-bond acceptors (Lipinski definition) is 5. The van der Waals surface area contributed by atoms with Crippen molar-refractivity contribution >= 4 is 63.2 Å². The molecular formula is C27H23ClINO4S. The molecule has 1 fully saturated rings. The number of ether oxygens (including phenoxy) is 2. The zero-order chi connectivity index (χ0) is 24.8. The third-order valence-corrected chi connectivity index (χ3v) is 7.23. The molecule has 3 aromatic carbocycles. The SMILES string of the molecule is CCOc1cc(/C=C2\SC(=O)N(CCc3ccccc3)C2=O)cc(I)c1OCc1ccc(Cl)cc1. The third kappa shape index (κ3) is 6.59. The van der Waals surface area contributed by atoms with E-state index in [9.17, 15) is 9.59 Å². The van der Waals surface area contributed by atoms with E-state index in [1.807, 2.05) is 73.7 Å². The number of benzene rings is 3. The number of hydrogen-bond donors (Lipinski definition) is 0. The van der Waals surface area contributed by atoms with Crippen molar-refractivity contribution in [2.45, 2.75) is 20.0 Å². The van der Waals surface area contributed by atoms with Crippen LogP contribution in [-0.2, 0) is 17.8 Å². The average molecular weight is 620 g/mol. The lowest BCUT2D eigenvalue weighted by molar-refractivity contribution is -0.122. The van der Waals surface area contributed by atoms with Crippen LogP contribution in [0.4, 0.5) is 4.79 Å². The summed E-state index contributed by atoms with van der Waals surface area (Å²) in [5, 5.41) is 0.423. The summed E-state index contributed by atoms with van der Waals surface area (Å²) in [7, 11) is 0. The van der Waals surface area contributed by atoms with E-state index in [0.29, 0.717) is 47.6 Å². The van der Waals surface area contributed by atoms with Crippen molar-refractivity contribution in [1.29, 1.82) is 0 Å². The number of carbonyl (C=O) groups is 2. The largest absolute Gasteiger partial charge is 0.490 e. The Morgan fingerprint density at radius 2 is 1.74 bits per heavy atom. The van der Waals surface area contributed by atoms with Crippen LogP contribution in [0.2, 0.25) is 5.02 Å². The molecular weight excluding hydrogens is 597 g/mol. The molecule has 0 atom stereocenters. The molecule has 0 aliphatic carbocycles. The van der Waals surface area contributed by atoms with Crippen molar-refractivity contribution in [2.75, 3.05) is 13.2 Å². The summed E-state index contributed by atoms with van der Waals surface area (Å²) >= 11 is 9.12. The molecule has 0 bridgehead atoms. The second-order valence-electron chi connectivity index (χ2n) is 7.75. The van der Waals surface area contributed by atoms with Gasteiger partial charge in [-0.3, -0.25) is 14.5 Å². The summed E-state index contributed by atoms with van der Waals surface area (Å²) in [4.78, 5) is 27.2. The van der Waals surface area contributed by atoms with Gasteiger partial charge in [-0.05, 0) is 94.7 Å². The first-order valence-corrected chi connectivity index (χ1v) is 13.3. The normalized spacial score (nSPS) is 14.6. The van der Waals surface area contributed by atoms with Crippen LogP contribution in [0.25, 0.3) is 6.08 Å². The van der Waals surface area contributed by atoms with Gasteiger partial charge in [0.05, 0.1) is 15.1 Å².